The molecule has 0 aliphatic carbocycles. The highest BCUT2D eigenvalue weighted by Crippen LogP contribution is 2.33. The van der Waals surface area contributed by atoms with Crippen LogP contribution in [0.2, 0.25) is 0 Å². The molecular weight excluding hydrogens is 402 g/mol. The number of ether oxygens (including phenoxy) is 1. The summed E-state index contributed by atoms with van der Waals surface area (Å²) in [6.45, 7) is 1.84. The van der Waals surface area contributed by atoms with E-state index in [1.807, 2.05) is 0 Å². The minimum absolute atomic E-state index is 0.179. The third-order valence-electron chi connectivity index (χ3n) is 5.41. The first-order valence-electron chi connectivity index (χ1n) is 10.0. The highest BCUT2D eigenvalue weighted by Gasteiger charge is 2.22. The first-order valence-corrected chi connectivity index (χ1v) is 10.0. The summed E-state index contributed by atoms with van der Waals surface area (Å²) in [4.78, 5) is 9.16. The number of hydrogen-bond acceptors (Lipinski definition) is 6. The number of rotatable bonds is 4. The van der Waals surface area contributed by atoms with Gasteiger partial charge >= 0.3 is 0 Å². The van der Waals surface area contributed by atoms with Crippen LogP contribution >= 0.6 is 0 Å². The molecule has 4 N–H and O–H groups in total. The summed E-state index contributed by atoms with van der Waals surface area (Å²) >= 11 is 0. The van der Waals surface area contributed by atoms with Crippen LogP contribution in [-0.4, -0.2) is 33.3 Å². The van der Waals surface area contributed by atoms with E-state index < -0.39 is 11.6 Å². The number of aromatic amines is 1. The van der Waals surface area contributed by atoms with E-state index >= 15 is 0 Å². The minimum Gasteiger partial charge on any atom is -0.454 e. The average Bonchev–Trinajstić information content (AvgIpc) is 3.23. The first-order chi connectivity index (χ1) is 15.1. The Hall–Kier alpha value is -3.59. The lowest BCUT2D eigenvalue weighted by Crippen LogP contribution is -2.29. The zero-order chi connectivity index (χ0) is 21.4. The van der Waals surface area contributed by atoms with E-state index in [1.165, 1.54) is 12.1 Å². The number of nitrogens with zero attached hydrogens (tertiary/aromatic N) is 3. The van der Waals surface area contributed by atoms with Crippen LogP contribution in [0.15, 0.2) is 42.5 Å². The number of fused-ring (bicyclic) bond motifs is 1. The van der Waals surface area contributed by atoms with Gasteiger partial charge in [-0.2, -0.15) is 9.49 Å². The van der Waals surface area contributed by atoms with Gasteiger partial charge < -0.3 is 15.8 Å². The molecule has 1 saturated heterocycles. The van der Waals surface area contributed by atoms with Crippen LogP contribution in [0.3, 0.4) is 0 Å². The molecule has 31 heavy (non-hydrogen) atoms. The zero-order valence-corrected chi connectivity index (χ0v) is 16.5. The average molecular weight is 422 g/mol. The van der Waals surface area contributed by atoms with Crippen molar-refractivity contribution in [3.63, 3.8) is 0 Å². The summed E-state index contributed by atoms with van der Waals surface area (Å²) in [6, 6.07) is 10.7. The van der Waals surface area contributed by atoms with Gasteiger partial charge in [-0.1, -0.05) is 6.07 Å². The smallest absolute Gasteiger partial charge is 0.201 e. The molecule has 1 aliphatic rings. The predicted molar refractivity (Wildman–Crippen MR) is 113 cm³/mol. The Balaban J connectivity index is 1.43. The lowest BCUT2D eigenvalue weighted by Gasteiger charge is -2.21. The summed E-state index contributed by atoms with van der Waals surface area (Å²) < 4.78 is 32.7. The number of anilines is 1. The molecule has 0 bridgehead atoms. The van der Waals surface area contributed by atoms with E-state index in [2.05, 4.69) is 25.5 Å². The van der Waals surface area contributed by atoms with Gasteiger partial charge in [0, 0.05) is 18.0 Å². The van der Waals surface area contributed by atoms with E-state index in [9.17, 15) is 8.78 Å². The van der Waals surface area contributed by atoms with E-state index in [4.69, 9.17) is 10.5 Å². The number of halogens is 2. The van der Waals surface area contributed by atoms with Crippen molar-refractivity contribution in [2.24, 2.45) is 0 Å². The molecule has 0 amide bonds. The lowest BCUT2D eigenvalue weighted by atomic mass is 9.98. The Kier molecular flexibility index (Phi) is 4.95. The Labute approximate surface area is 176 Å². The standard InChI is InChI=1S/C22H20F2N6O/c23-15-4-1-5-16(18(15)24)31-14-8-6-12(7-9-14)19-17-20(25)27-21(28-22(17)30-29-19)13-3-2-10-26-11-13/h1,4-9,13,26H,2-3,10-11H2,(H3,25,27,28,29,30)/t13-/m1/s1. The van der Waals surface area contributed by atoms with E-state index in [-0.39, 0.29) is 11.7 Å². The molecule has 1 fully saturated rings. The molecule has 2 aromatic heterocycles. The van der Waals surface area contributed by atoms with Gasteiger partial charge in [0.15, 0.2) is 17.2 Å². The molecular formula is C22H20F2N6O. The number of benzene rings is 2. The van der Waals surface area contributed by atoms with Crippen LogP contribution in [-0.2, 0) is 0 Å². The lowest BCUT2D eigenvalue weighted by molar-refractivity contribution is 0.416. The molecule has 158 valence electrons. The van der Waals surface area contributed by atoms with Gasteiger partial charge in [0.05, 0.1) is 11.1 Å². The summed E-state index contributed by atoms with van der Waals surface area (Å²) in [7, 11) is 0. The van der Waals surface area contributed by atoms with Crippen molar-refractivity contribution >= 4 is 16.9 Å². The molecule has 1 atom stereocenters. The summed E-state index contributed by atoms with van der Waals surface area (Å²) in [5, 5.41) is 11.3. The van der Waals surface area contributed by atoms with Crippen molar-refractivity contribution in [1.82, 2.24) is 25.5 Å². The van der Waals surface area contributed by atoms with Crippen molar-refractivity contribution in [3.8, 4) is 22.8 Å². The number of nitrogens with two attached hydrogens (primary N) is 1. The third-order valence-corrected chi connectivity index (χ3v) is 5.41. The maximum atomic E-state index is 13.8. The zero-order valence-electron chi connectivity index (χ0n) is 16.5. The number of hydrogen-bond donors (Lipinski definition) is 3. The number of nitrogens with one attached hydrogen (secondary N) is 2. The molecule has 0 radical (unpaired) electrons. The second-order valence-electron chi connectivity index (χ2n) is 7.49. The second kappa shape index (κ2) is 7.92. The molecule has 3 heterocycles. The van der Waals surface area contributed by atoms with Crippen molar-refractivity contribution in [2.45, 2.75) is 18.8 Å². The Morgan fingerprint density at radius 1 is 1.06 bits per heavy atom. The van der Waals surface area contributed by atoms with E-state index in [0.717, 1.165) is 37.6 Å². The molecule has 9 heteroatoms. The van der Waals surface area contributed by atoms with Crippen LogP contribution in [0.4, 0.5) is 14.6 Å². The highest BCUT2D eigenvalue weighted by molar-refractivity contribution is 5.98. The quantitative estimate of drug-likeness (QED) is 0.457. The van der Waals surface area contributed by atoms with Crippen molar-refractivity contribution in [2.75, 3.05) is 18.8 Å². The minimum atomic E-state index is -1.03. The predicted octanol–water partition coefficient (Wildman–Crippen LogP) is 4.14. The summed E-state index contributed by atoms with van der Waals surface area (Å²) in [6.07, 6.45) is 2.09. The maximum absolute atomic E-state index is 13.8. The van der Waals surface area contributed by atoms with Gasteiger partial charge in [0.2, 0.25) is 5.82 Å². The fraction of sp³-hybridized carbons (Fsp3) is 0.227. The normalized spacial score (nSPS) is 16.5. The van der Waals surface area contributed by atoms with Crippen LogP contribution in [0.1, 0.15) is 24.6 Å². The fourth-order valence-corrected chi connectivity index (χ4v) is 3.81. The molecule has 7 nitrogen and oxygen atoms in total. The highest BCUT2D eigenvalue weighted by atomic mass is 19.2. The van der Waals surface area contributed by atoms with Crippen LogP contribution < -0.4 is 15.8 Å². The number of aromatic nitrogens is 4. The number of nitrogen functional groups attached to an aromatic ring is 1. The topological polar surface area (TPSA) is 102 Å². The molecule has 5 rings (SSSR count). The Morgan fingerprint density at radius 3 is 2.68 bits per heavy atom. The summed E-state index contributed by atoms with van der Waals surface area (Å²) in [5.74, 6) is -0.500. The third kappa shape index (κ3) is 3.68. The van der Waals surface area contributed by atoms with Gasteiger partial charge in [0.1, 0.15) is 17.4 Å². The maximum Gasteiger partial charge on any atom is 0.201 e. The number of piperidine rings is 1. The fourth-order valence-electron chi connectivity index (χ4n) is 3.81. The van der Waals surface area contributed by atoms with Crippen LogP contribution in [0, 0.1) is 11.6 Å². The van der Waals surface area contributed by atoms with Gasteiger partial charge in [0.25, 0.3) is 0 Å². The second-order valence-corrected chi connectivity index (χ2v) is 7.49. The largest absolute Gasteiger partial charge is 0.454 e. The van der Waals surface area contributed by atoms with Gasteiger partial charge in [-0.25, -0.2) is 14.4 Å². The van der Waals surface area contributed by atoms with Crippen LogP contribution in [0.5, 0.6) is 11.5 Å². The number of H-pyrrole nitrogens is 1. The Morgan fingerprint density at radius 2 is 1.90 bits per heavy atom. The SMILES string of the molecule is Nc1nc([C@@H]2CCCNC2)nc2n[nH]c(-c3ccc(Oc4cccc(F)c4F)cc3)c12. The van der Waals surface area contributed by atoms with Gasteiger partial charge in [-0.3, -0.25) is 5.10 Å². The van der Waals surface area contributed by atoms with Crippen molar-refractivity contribution < 1.29 is 13.5 Å². The van der Waals surface area contributed by atoms with Crippen molar-refractivity contribution in [1.29, 1.82) is 0 Å². The van der Waals surface area contributed by atoms with E-state index in [1.54, 1.807) is 24.3 Å². The molecule has 4 aromatic rings. The first kappa shape index (κ1) is 19.4. The van der Waals surface area contributed by atoms with Crippen molar-refractivity contribution in [3.05, 3.63) is 59.9 Å². The Bertz CT molecular complexity index is 1230. The summed E-state index contributed by atoms with van der Waals surface area (Å²) in [5.41, 5.74) is 8.27. The molecule has 1 aliphatic heterocycles. The van der Waals surface area contributed by atoms with Gasteiger partial charge in [-0.15, -0.1) is 0 Å². The monoisotopic (exact) mass is 422 g/mol. The van der Waals surface area contributed by atoms with Crippen LogP contribution in [0.25, 0.3) is 22.3 Å². The molecule has 0 spiro atoms. The van der Waals surface area contributed by atoms with Gasteiger partial charge in [-0.05, 0) is 55.8 Å². The molecule has 0 unspecified atom stereocenters. The molecule has 2 aromatic carbocycles. The van der Waals surface area contributed by atoms with E-state index in [0.29, 0.717) is 34.1 Å². The molecule has 0 saturated carbocycles.